The Bertz CT molecular complexity index is 1030. The fourth-order valence-electron chi connectivity index (χ4n) is 2.31. The van der Waals surface area contributed by atoms with Gasteiger partial charge in [0.2, 0.25) is 5.91 Å². The predicted molar refractivity (Wildman–Crippen MR) is 110 cm³/mol. The Labute approximate surface area is 180 Å². The average molecular weight is 456 g/mol. The Morgan fingerprint density at radius 3 is 2.86 bits per heavy atom. The molecule has 0 unspecified atom stereocenters. The van der Waals surface area contributed by atoms with Crippen molar-refractivity contribution in [3.63, 3.8) is 0 Å². The summed E-state index contributed by atoms with van der Waals surface area (Å²) in [7, 11) is 0. The van der Waals surface area contributed by atoms with E-state index < -0.39 is 6.10 Å². The van der Waals surface area contributed by atoms with Crippen molar-refractivity contribution in [3.05, 3.63) is 63.7 Å². The zero-order valence-corrected chi connectivity index (χ0v) is 17.7. The van der Waals surface area contributed by atoms with E-state index in [0.717, 1.165) is 11.8 Å². The van der Waals surface area contributed by atoms with Gasteiger partial charge in [-0.25, -0.2) is 4.39 Å². The van der Waals surface area contributed by atoms with E-state index in [1.54, 1.807) is 38.1 Å². The van der Waals surface area contributed by atoms with Gasteiger partial charge in [0.15, 0.2) is 6.10 Å². The van der Waals surface area contributed by atoms with Crippen LogP contribution in [0.15, 0.2) is 46.0 Å². The molecule has 0 aliphatic carbocycles. The number of anilines is 1. The molecular formula is C19H16Cl2FN3O3S. The van der Waals surface area contributed by atoms with Crippen LogP contribution in [-0.4, -0.2) is 21.9 Å². The van der Waals surface area contributed by atoms with Crippen molar-refractivity contribution in [1.82, 2.24) is 10.2 Å². The third-order valence-electron chi connectivity index (χ3n) is 3.84. The molecular weight excluding hydrogens is 440 g/mol. The fourth-order valence-corrected chi connectivity index (χ4v) is 3.33. The molecule has 0 aliphatic heterocycles. The van der Waals surface area contributed by atoms with Crippen molar-refractivity contribution < 1.29 is 18.3 Å². The largest absolute Gasteiger partial charge is 0.479 e. The number of carbonyl (C=O) groups excluding carboxylic acids is 1. The van der Waals surface area contributed by atoms with E-state index in [2.05, 4.69) is 15.5 Å². The van der Waals surface area contributed by atoms with Gasteiger partial charge in [-0.1, -0.05) is 41.0 Å². The molecule has 1 amide bonds. The SMILES string of the molecule is Cc1c(F)cccc1NC(=O)CSc1nnc([C@H](C)Oc2ccc(Cl)cc2Cl)o1. The van der Waals surface area contributed by atoms with Crippen LogP contribution >= 0.6 is 35.0 Å². The Morgan fingerprint density at radius 1 is 1.31 bits per heavy atom. The molecule has 0 saturated heterocycles. The molecule has 6 nitrogen and oxygen atoms in total. The highest BCUT2D eigenvalue weighted by Crippen LogP contribution is 2.31. The van der Waals surface area contributed by atoms with Gasteiger partial charge in [-0.05, 0) is 44.2 Å². The number of amides is 1. The monoisotopic (exact) mass is 455 g/mol. The summed E-state index contributed by atoms with van der Waals surface area (Å²) >= 11 is 13.0. The zero-order valence-electron chi connectivity index (χ0n) is 15.4. The Hall–Kier alpha value is -2.29. The molecule has 10 heteroatoms. The third kappa shape index (κ3) is 5.62. The molecule has 1 heterocycles. The number of hydrogen-bond donors (Lipinski definition) is 1. The molecule has 0 aliphatic rings. The first kappa shape index (κ1) is 21.4. The topological polar surface area (TPSA) is 77.2 Å². The average Bonchev–Trinajstić information content (AvgIpc) is 3.15. The lowest BCUT2D eigenvalue weighted by Gasteiger charge is -2.12. The van der Waals surface area contributed by atoms with Gasteiger partial charge in [-0.15, -0.1) is 10.2 Å². The van der Waals surface area contributed by atoms with Crippen LogP contribution in [0.25, 0.3) is 0 Å². The molecule has 0 radical (unpaired) electrons. The number of rotatable bonds is 7. The summed E-state index contributed by atoms with van der Waals surface area (Å²) in [6, 6.07) is 9.37. The zero-order chi connectivity index (χ0) is 21.0. The van der Waals surface area contributed by atoms with Gasteiger partial charge in [0, 0.05) is 16.3 Å². The summed E-state index contributed by atoms with van der Waals surface area (Å²) in [5, 5.41) is 11.6. The standard InChI is InChI=1S/C19H16Cl2FN3O3S/c1-10-14(22)4-3-5-15(10)23-17(26)9-29-19-25-24-18(28-19)11(2)27-16-7-6-12(20)8-13(16)21/h3-8,11H,9H2,1-2H3,(H,23,26)/t11-/m0/s1. The van der Waals surface area contributed by atoms with E-state index in [1.165, 1.54) is 12.1 Å². The Balaban J connectivity index is 1.55. The van der Waals surface area contributed by atoms with E-state index in [-0.39, 0.29) is 28.6 Å². The second kappa shape index (κ2) is 9.47. The van der Waals surface area contributed by atoms with Crippen molar-refractivity contribution in [1.29, 1.82) is 0 Å². The highest BCUT2D eigenvalue weighted by atomic mass is 35.5. The second-order valence-electron chi connectivity index (χ2n) is 5.99. The maximum absolute atomic E-state index is 13.5. The molecule has 1 atom stereocenters. The molecule has 0 spiro atoms. The van der Waals surface area contributed by atoms with Crippen LogP contribution in [0, 0.1) is 12.7 Å². The van der Waals surface area contributed by atoms with Crippen molar-refractivity contribution in [3.8, 4) is 5.75 Å². The minimum Gasteiger partial charge on any atom is -0.479 e. The smallest absolute Gasteiger partial charge is 0.277 e. The first-order chi connectivity index (χ1) is 13.8. The van der Waals surface area contributed by atoms with Crippen LogP contribution in [0.5, 0.6) is 5.75 Å². The number of benzene rings is 2. The minimum absolute atomic E-state index is 0.0236. The summed E-state index contributed by atoms with van der Waals surface area (Å²) in [5.74, 6) is -0.0104. The predicted octanol–water partition coefficient (Wildman–Crippen LogP) is 5.69. The van der Waals surface area contributed by atoms with Crippen LogP contribution in [0.2, 0.25) is 10.0 Å². The number of carbonyl (C=O) groups is 1. The van der Waals surface area contributed by atoms with Gasteiger partial charge in [0.1, 0.15) is 11.6 Å². The number of halogens is 3. The summed E-state index contributed by atoms with van der Waals surface area (Å²) < 4.78 is 24.8. The van der Waals surface area contributed by atoms with Crippen molar-refractivity contribution in [2.24, 2.45) is 0 Å². The van der Waals surface area contributed by atoms with Crippen molar-refractivity contribution in [2.75, 3.05) is 11.1 Å². The first-order valence-corrected chi connectivity index (χ1v) is 10.2. The Morgan fingerprint density at radius 2 is 2.10 bits per heavy atom. The van der Waals surface area contributed by atoms with Crippen molar-refractivity contribution in [2.45, 2.75) is 25.2 Å². The number of ether oxygens (including phenoxy) is 1. The van der Waals surface area contributed by atoms with Gasteiger partial charge < -0.3 is 14.5 Å². The lowest BCUT2D eigenvalue weighted by atomic mass is 10.2. The molecule has 29 heavy (non-hydrogen) atoms. The number of hydrogen-bond acceptors (Lipinski definition) is 6. The van der Waals surface area contributed by atoms with Crippen molar-refractivity contribution >= 4 is 46.6 Å². The Kier molecular flexibility index (Phi) is 7.00. The van der Waals surface area contributed by atoms with E-state index in [1.807, 2.05) is 0 Å². The number of nitrogens with zero attached hydrogens (tertiary/aromatic N) is 2. The second-order valence-corrected chi connectivity index (χ2v) is 7.76. The molecule has 0 fully saturated rings. The molecule has 2 aromatic carbocycles. The lowest BCUT2D eigenvalue weighted by Crippen LogP contribution is -2.15. The van der Waals surface area contributed by atoms with Crippen LogP contribution in [0.3, 0.4) is 0 Å². The molecule has 3 rings (SSSR count). The summed E-state index contributed by atoms with van der Waals surface area (Å²) in [4.78, 5) is 12.1. The van der Waals surface area contributed by atoms with Gasteiger partial charge in [0.05, 0.1) is 10.8 Å². The maximum Gasteiger partial charge on any atom is 0.277 e. The molecule has 3 aromatic rings. The molecule has 1 N–H and O–H groups in total. The molecule has 152 valence electrons. The maximum atomic E-state index is 13.5. The third-order valence-corrected chi connectivity index (χ3v) is 5.18. The lowest BCUT2D eigenvalue weighted by molar-refractivity contribution is -0.113. The molecule has 0 saturated carbocycles. The normalized spacial score (nSPS) is 11.9. The number of thioether (sulfide) groups is 1. The first-order valence-electron chi connectivity index (χ1n) is 8.46. The van der Waals surface area contributed by atoms with E-state index in [9.17, 15) is 9.18 Å². The molecule has 1 aromatic heterocycles. The summed E-state index contributed by atoms with van der Waals surface area (Å²) in [5.41, 5.74) is 0.793. The van der Waals surface area contributed by atoms with Crippen LogP contribution in [-0.2, 0) is 4.79 Å². The fraction of sp³-hybridized carbons (Fsp3) is 0.211. The van der Waals surface area contributed by atoms with Crippen LogP contribution in [0.4, 0.5) is 10.1 Å². The summed E-state index contributed by atoms with van der Waals surface area (Å²) in [6.45, 7) is 3.32. The van der Waals surface area contributed by atoms with Crippen LogP contribution in [0.1, 0.15) is 24.5 Å². The van der Waals surface area contributed by atoms with Gasteiger partial charge >= 0.3 is 0 Å². The van der Waals surface area contributed by atoms with E-state index in [0.29, 0.717) is 27.0 Å². The highest BCUT2D eigenvalue weighted by molar-refractivity contribution is 7.99. The minimum atomic E-state index is -0.556. The highest BCUT2D eigenvalue weighted by Gasteiger charge is 2.18. The van der Waals surface area contributed by atoms with E-state index >= 15 is 0 Å². The quantitative estimate of drug-likeness (QED) is 0.460. The number of aromatic nitrogens is 2. The van der Waals surface area contributed by atoms with Crippen LogP contribution < -0.4 is 10.1 Å². The van der Waals surface area contributed by atoms with Gasteiger partial charge in [-0.2, -0.15) is 0 Å². The van der Waals surface area contributed by atoms with Gasteiger partial charge in [0.25, 0.3) is 11.1 Å². The van der Waals surface area contributed by atoms with Gasteiger partial charge in [-0.3, -0.25) is 4.79 Å². The van der Waals surface area contributed by atoms with E-state index in [4.69, 9.17) is 32.4 Å². The number of nitrogens with one attached hydrogen (secondary N) is 1. The molecule has 0 bridgehead atoms. The summed E-state index contributed by atoms with van der Waals surface area (Å²) in [6.07, 6.45) is -0.556.